The largest absolute Gasteiger partial charge is 0.478 e. The average molecular weight is 200 g/mol. The molecule has 0 unspecified atom stereocenters. The third-order valence-electron chi connectivity index (χ3n) is 1.33. The lowest BCUT2D eigenvalue weighted by Gasteiger charge is -2.02. The number of carboxylic acid groups (broad SMARTS) is 1. The lowest BCUT2D eigenvalue weighted by atomic mass is 10.1. The topological polar surface area (TPSA) is 80.7 Å². The predicted octanol–water partition coefficient (Wildman–Crippen LogP) is 0.540. The maximum atomic E-state index is 10.6. The van der Waals surface area contributed by atoms with Gasteiger partial charge in [0.15, 0.2) is 5.78 Å². The van der Waals surface area contributed by atoms with Crippen molar-refractivity contribution in [1.82, 2.24) is 0 Å². The molecule has 5 heteroatoms. The van der Waals surface area contributed by atoms with Gasteiger partial charge in [-0.05, 0) is 13.0 Å². The van der Waals surface area contributed by atoms with Crippen molar-refractivity contribution < 1.29 is 24.2 Å². The normalized spacial score (nSPS) is 10.9. The highest BCUT2D eigenvalue weighted by atomic mass is 16.5. The summed E-state index contributed by atoms with van der Waals surface area (Å²) < 4.78 is 4.55. The molecule has 0 spiro atoms. The molecule has 0 fully saturated rings. The van der Waals surface area contributed by atoms with Crippen molar-refractivity contribution in [3.8, 4) is 0 Å². The summed E-state index contributed by atoms with van der Waals surface area (Å²) in [6.07, 6.45) is 1.06. The molecule has 0 radical (unpaired) electrons. The Morgan fingerprint density at radius 3 is 2.21 bits per heavy atom. The molecule has 0 atom stereocenters. The first-order valence-corrected chi connectivity index (χ1v) is 4.01. The van der Waals surface area contributed by atoms with Crippen LogP contribution in [0.5, 0.6) is 0 Å². The quantitative estimate of drug-likeness (QED) is 0.517. The number of carbonyl (C=O) groups is 3. The second-order valence-electron chi connectivity index (χ2n) is 2.68. The lowest BCUT2D eigenvalue weighted by Crippen LogP contribution is -2.08. The number of hydrogen-bond donors (Lipinski definition) is 1. The van der Waals surface area contributed by atoms with E-state index in [1.54, 1.807) is 0 Å². The first kappa shape index (κ1) is 12.3. The molecule has 14 heavy (non-hydrogen) atoms. The van der Waals surface area contributed by atoms with Gasteiger partial charge in [0, 0.05) is 18.9 Å². The number of allylic oxidation sites excluding steroid dienone is 1. The Balaban J connectivity index is 4.19. The van der Waals surface area contributed by atoms with Gasteiger partial charge in [-0.1, -0.05) is 0 Å². The van der Waals surface area contributed by atoms with E-state index in [0.29, 0.717) is 0 Å². The number of carbonyl (C=O) groups excluding carboxylic acids is 2. The van der Waals surface area contributed by atoms with E-state index in [1.807, 2.05) is 0 Å². The van der Waals surface area contributed by atoms with Gasteiger partial charge in [0.1, 0.15) is 0 Å². The number of ketones is 1. The van der Waals surface area contributed by atoms with Crippen LogP contribution in [0.1, 0.15) is 20.3 Å². The summed E-state index contributed by atoms with van der Waals surface area (Å²) in [5, 5.41) is 8.63. The number of carboxylic acids is 1. The number of esters is 1. The summed E-state index contributed by atoms with van der Waals surface area (Å²) in [6, 6.07) is 0. The summed E-state index contributed by atoms with van der Waals surface area (Å²) in [4.78, 5) is 31.5. The zero-order chi connectivity index (χ0) is 11.1. The fourth-order valence-corrected chi connectivity index (χ4v) is 0.791. The van der Waals surface area contributed by atoms with Crippen molar-refractivity contribution in [2.45, 2.75) is 20.3 Å². The van der Waals surface area contributed by atoms with Crippen LogP contribution >= 0.6 is 0 Å². The van der Waals surface area contributed by atoms with Crippen LogP contribution in [0.25, 0.3) is 0 Å². The van der Waals surface area contributed by atoms with E-state index in [1.165, 1.54) is 13.8 Å². The molecule has 0 saturated heterocycles. The van der Waals surface area contributed by atoms with Crippen molar-refractivity contribution in [1.29, 1.82) is 0 Å². The van der Waals surface area contributed by atoms with Crippen molar-refractivity contribution in [3.05, 3.63) is 11.6 Å². The summed E-state index contributed by atoms with van der Waals surface area (Å²) in [5.74, 6) is -1.99. The fourth-order valence-electron chi connectivity index (χ4n) is 0.791. The molecular formula is C9H12O5. The molecule has 0 aliphatic carbocycles. The van der Waals surface area contributed by atoms with E-state index in [-0.39, 0.29) is 24.4 Å². The summed E-state index contributed by atoms with van der Waals surface area (Å²) in [6.45, 7) is 2.46. The maximum absolute atomic E-state index is 10.6. The molecule has 0 heterocycles. The van der Waals surface area contributed by atoms with Gasteiger partial charge >= 0.3 is 11.9 Å². The van der Waals surface area contributed by atoms with Crippen molar-refractivity contribution in [2.75, 3.05) is 6.61 Å². The van der Waals surface area contributed by atoms with Crippen LogP contribution in [0.15, 0.2) is 11.6 Å². The van der Waals surface area contributed by atoms with E-state index < -0.39 is 11.9 Å². The van der Waals surface area contributed by atoms with Crippen LogP contribution in [0.3, 0.4) is 0 Å². The molecule has 5 nitrogen and oxygen atoms in total. The molecule has 0 aliphatic rings. The van der Waals surface area contributed by atoms with E-state index >= 15 is 0 Å². The smallest absolute Gasteiger partial charge is 0.331 e. The zero-order valence-electron chi connectivity index (χ0n) is 8.07. The highest BCUT2D eigenvalue weighted by molar-refractivity contribution is 5.97. The van der Waals surface area contributed by atoms with Crippen LogP contribution < -0.4 is 0 Å². The molecule has 78 valence electrons. The van der Waals surface area contributed by atoms with Gasteiger partial charge in [-0.2, -0.15) is 0 Å². The van der Waals surface area contributed by atoms with Crippen molar-refractivity contribution in [3.63, 3.8) is 0 Å². The minimum atomic E-state index is -1.17. The fraction of sp³-hybridized carbons (Fsp3) is 0.444. The monoisotopic (exact) mass is 200 g/mol. The van der Waals surface area contributed by atoms with E-state index in [4.69, 9.17) is 5.11 Å². The molecule has 0 saturated carbocycles. The minimum absolute atomic E-state index is 0.0270. The van der Waals surface area contributed by atoms with Gasteiger partial charge in [-0.3, -0.25) is 9.59 Å². The summed E-state index contributed by atoms with van der Waals surface area (Å²) in [7, 11) is 0. The Morgan fingerprint density at radius 1 is 1.29 bits per heavy atom. The molecule has 0 aromatic rings. The first-order valence-electron chi connectivity index (χ1n) is 4.01. The summed E-state index contributed by atoms with van der Waals surface area (Å²) in [5.41, 5.74) is -0.0567. The molecule has 0 aromatic carbocycles. The Morgan fingerprint density at radius 2 is 1.86 bits per heavy atom. The highest BCUT2D eigenvalue weighted by Crippen LogP contribution is 2.02. The summed E-state index contributed by atoms with van der Waals surface area (Å²) >= 11 is 0. The molecule has 1 N–H and O–H groups in total. The van der Waals surface area contributed by atoms with Crippen LogP contribution in [-0.2, 0) is 19.1 Å². The van der Waals surface area contributed by atoms with Crippen LogP contribution in [0.2, 0.25) is 0 Å². The van der Waals surface area contributed by atoms with Gasteiger partial charge < -0.3 is 9.84 Å². The van der Waals surface area contributed by atoms with Crippen LogP contribution in [0, 0.1) is 0 Å². The SMILES string of the molecule is CC(=O)C=C(CCOC(C)=O)C(=O)O. The standard InChI is InChI=1S/C9H12O5/c1-6(10)5-8(9(12)13)3-4-14-7(2)11/h5H,3-4H2,1-2H3,(H,12,13). The Bertz CT molecular complexity index is 277. The van der Waals surface area contributed by atoms with Gasteiger partial charge in [0.25, 0.3) is 0 Å². The van der Waals surface area contributed by atoms with Gasteiger partial charge in [-0.25, -0.2) is 4.79 Å². The molecular weight excluding hydrogens is 188 g/mol. The average Bonchev–Trinajstić information content (AvgIpc) is 2.00. The maximum Gasteiger partial charge on any atom is 0.331 e. The van der Waals surface area contributed by atoms with Crippen molar-refractivity contribution >= 4 is 17.7 Å². The molecule has 0 bridgehead atoms. The number of aliphatic carboxylic acids is 1. The number of hydrogen-bond acceptors (Lipinski definition) is 4. The predicted molar refractivity (Wildman–Crippen MR) is 47.6 cm³/mol. The molecule has 0 aliphatic heterocycles. The van der Waals surface area contributed by atoms with Crippen LogP contribution in [0.4, 0.5) is 0 Å². The molecule has 0 aromatic heterocycles. The Hall–Kier alpha value is -1.65. The minimum Gasteiger partial charge on any atom is -0.478 e. The third-order valence-corrected chi connectivity index (χ3v) is 1.33. The first-order chi connectivity index (χ1) is 6.43. The van der Waals surface area contributed by atoms with Gasteiger partial charge in [0.2, 0.25) is 0 Å². The number of ether oxygens (including phenoxy) is 1. The van der Waals surface area contributed by atoms with E-state index in [2.05, 4.69) is 4.74 Å². The molecule has 0 rings (SSSR count). The number of rotatable bonds is 5. The lowest BCUT2D eigenvalue weighted by molar-refractivity contribution is -0.141. The highest BCUT2D eigenvalue weighted by Gasteiger charge is 2.08. The second kappa shape index (κ2) is 5.90. The van der Waals surface area contributed by atoms with Gasteiger partial charge in [-0.15, -0.1) is 0 Å². The van der Waals surface area contributed by atoms with Gasteiger partial charge in [0.05, 0.1) is 6.61 Å². The van der Waals surface area contributed by atoms with Crippen molar-refractivity contribution in [2.24, 2.45) is 0 Å². The second-order valence-corrected chi connectivity index (χ2v) is 2.68. The molecule has 0 amide bonds. The Labute approximate surface area is 81.4 Å². The van der Waals surface area contributed by atoms with E-state index in [9.17, 15) is 14.4 Å². The van der Waals surface area contributed by atoms with E-state index in [0.717, 1.165) is 6.08 Å². The zero-order valence-corrected chi connectivity index (χ0v) is 8.07. The Kier molecular flexibility index (Phi) is 5.21. The third kappa shape index (κ3) is 5.93. The van der Waals surface area contributed by atoms with Crippen LogP contribution in [-0.4, -0.2) is 29.4 Å².